The first-order valence-electron chi connectivity index (χ1n) is 7.22. The fraction of sp³-hybridized carbons (Fsp3) is 0.733. The zero-order chi connectivity index (χ0) is 14.4. The summed E-state index contributed by atoms with van der Waals surface area (Å²) in [6.45, 7) is 14.9. The lowest BCUT2D eigenvalue weighted by Crippen LogP contribution is -2.35. The Bertz CT molecular complexity index is 357. The van der Waals surface area contributed by atoms with Gasteiger partial charge < -0.3 is 10.2 Å². The first-order valence-corrected chi connectivity index (χ1v) is 7.22. The van der Waals surface area contributed by atoms with Crippen molar-refractivity contribution in [3.05, 3.63) is 17.8 Å². The van der Waals surface area contributed by atoms with Crippen LogP contribution >= 0.6 is 0 Å². The van der Waals surface area contributed by atoms with Crippen LogP contribution in [0.3, 0.4) is 0 Å². The van der Waals surface area contributed by atoms with Crippen molar-refractivity contribution in [2.24, 2.45) is 5.92 Å². The predicted octanol–water partition coefficient (Wildman–Crippen LogP) is 2.85. The summed E-state index contributed by atoms with van der Waals surface area (Å²) in [6.07, 6.45) is 0. The number of rotatable bonds is 7. The molecule has 0 radical (unpaired) electrons. The number of hydrogen-bond donors (Lipinski definition) is 1. The Morgan fingerprint density at radius 3 is 2.16 bits per heavy atom. The minimum atomic E-state index is 0.441. The van der Waals surface area contributed by atoms with Gasteiger partial charge in [0.25, 0.3) is 0 Å². The quantitative estimate of drug-likeness (QED) is 0.822. The van der Waals surface area contributed by atoms with Crippen LogP contribution in [-0.2, 0) is 6.54 Å². The summed E-state index contributed by atoms with van der Waals surface area (Å²) in [4.78, 5) is 2.30. The van der Waals surface area contributed by atoms with Gasteiger partial charge in [-0.05, 0) is 31.9 Å². The molecule has 4 nitrogen and oxygen atoms in total. The molecule has 108 valence electrons. The molecule has 1 N–H and O–H groups in total. The van der Waals surface area contributed by atoms with Gasteiger partial charge in [0.1, 0.15) is 0 Å². The van der Waals surface area contributed by atoms with E-state index in [9.17, 15) is 0 Å². The Morgan fingerprint density at radius 1 is 1.05 bits per heavy atom. The van der Waals surface area contributed by atoms with E-state index in [1.165, 1.54) is 0 Å². The Labute approximate surface area is 117 Å². The van der Waals surface area contributed by atoms with Crippen LogP contribution < -0.4 is 10.2 Å². The van der Waals surface area contributed by atoms with Gasteiger partial charge >= 0.3 is 0 Å². The molecule has 0 spiro atoms. The van der Waals surface area contributed by atoms with Gasteiger partial charge in [-0.3, -0.25) is 0 Å². The fourth-order valence-electron chi connectivity index (χ4n) is 1.87. The molecule has 0 aliphatic carbocycles. The van der Waals surface area contributed by atoms with E-state index in [4.69, 9.17) is 0 Å². The number of aromatic nitrogens is 2. The van der Waals surface area contributed by atoms with E-state index in [2.05, 4.69) is 74.1 Å². The molecule has 0 bridgehead atoms. The minimum Gasteiger partial charge on any atom is -0.352 e. The van der Waals surface area contributed by atoms with Crippen molar-refractivity contribution in [1.82, 2.24) is 15.5 Å². The SMILES string of the molecule is CC(C)CN(c1ccc(CNC(C)C)nn1)C(C)C. The molecule has 1 rings (SSSR count). The molecule has 0 unspecified atom stereocenters. The Hall–Kier alpha value is -1.16. The summed E-state index contributed by atoms with van der Waals surface area (Å²) in [6, 6.07) is 5.05. The smallest absolute Gasteiger partial charge is 0.151 e. The first-order chi connectivity index (χ1) is 8.90. The molecule has 0 amide bonds. The van der Waals surface area contributed by atoms with Gasteiger partial charge in [0.2, 0.25) is 0 Å². The third kappa shape index (κ3) is 5.55. The number of hydrogen-bond acceptors (Lipinski definition) is 4. The average Bonchev–Trinajstić information content (AvgIpc) is 2.33. The first kappa shape index (κ1) is 15.9. The lowest BCUT2D eigenvalue weighted by atomic mass is 10.2. The molecule has 0 aliphatic rings. The summed E-state index contributed by atoms with van der Waals surface area (Å²) in [5.74, 6) is 1.59. The maximum atomic E-state index is 4.37. The molecule has 0 aromatic carbocycles. The number of nitrogens with one attached hydrogen (secondary N) is 1. The van der Waals surface area contributed by atoms with Gasteiger partial charge in [-0.2, -0.15) is 5.10 Å². The Morgan fingerprint density at radius 2 is 1.74 bits per heavy atom. The topological polar surface area (TPSA) is 41.0 Å². The molecule has 19 heavy (non-hydrogen) atoms. The Kier molecular flexibility index (Phi) is 6.22. The molecule has 0 saturated carbocycles. The van der Waals surface area contributed by atoms with E-state index >= 15 is 0 Å². The maximum Gasteiger partial charge on any atom is 0.151 e. The maximum absolute atomic E-state index is 4.37. The highest BCUT2D eigenvalue weighted by molar-refractivity contribution is 5.38. The van der Waals surface area contributed by atoms with Crippen molar-refractivity contribution in [3.8, 4) is 0 Å². The summed E-state index contributed by atoms with van der Waals surface area (Å²) >= 11 is 0. The second-order valence-corrected chi connectivity index (χ2v) is 6.06. The van der Waals surface area contributed by atoms with E-state index in [1.807, 2.05) is 0 Å². The predicted molar refractivity (Wildman–Crippen MR) is 81.3 cm³/mol. The highest BCUT2D eigenvalue weighted by atomic mass is 15.3. The average molecular weight is 264 g/mol. The van der Waals surface area contributed by atoms with Crippen LogP contribution in [0.25, 0.3) is 0 Å². The van der Waals surface area contributed by atoms with Crippen LogP contribution in [0.2, 0.25) is 0 Å². The molecule has 0 atom stereocenters. The molecule has 1 aromatic rings. The van der Waals surface area contributed by atoms with Crippen LogP contribution in [-0.4, -0.2) is 28.8 Å². The van der Waals surface area contributed by atoms with Gasteiger partial charge in [-0.15, -0.1) is 5.10 Å². The van der Waals surface area contributed by atoms with Gasteiger partial charge in [-0.1, -0.05) is 27.7 Å². The van der Waals surface area contributed by atoms with E-state index in [-0.39, 0.29) is 0 Å². The van der Waals surface area contributed by atoms with Crippen molar-refractivity contribution in [1.29, 1.82) is 0 Å². The van der Waals surface area contributed by atoms with E-state index in [0.29, 0.717) is 18.0 Å². The third-order valence-corrected chi connectivity index (χ3v) is 2.88. The van der Waals surface area contributed by atoms with Crippen molar-refractivity contribution < 1.29 is 0 Å². The molecule has 1 aromatic heterocycles. The molecule has 0 aliphatic heterocycles. The minimum absolute atomic E-state index is 0.441. The summed E-state index contributed by atoms with van der Waals surface area (Å²) in [7, 11) is 0. The van der Waals surface area contributed by atoms with Gasteiger partial charge in [0.15, 0.2) is 5.82 Å². The van der Waals surface area contributed by atoms with E-state index in [1.54, 1.807) is 0 Å². The van der Waals surface area contributed by atoms with Crippen LogP contribution in [0.5, 0.6) is 0 Å². The summed E-state index contributed by atoms with van der Waals surface area (Å²) in [5, 5.41) is 12.0. The van der Waals surface area contributed by atoms with Crippen LogP contribution in [0.1, 0.15) is 47.2 Å². The summed E-state index contributed by atoms with van der Waals surface area (Å²) in [5.41, 5.74) is 0.991. The molecule has 0 saturated heterocycles. The van der Waals surface area contributed by atoms with Crippen LogP contribution in [0.15, 0.2) is 12.1 Å². The number of nitrogens with zero attached hydrogens (tertiary/aromatic N) is 3. The molecular weight excluding hydrogens is 236 g/mol. The Balaban J connectivity index is 2.72. The largest absolute Gasteiger partial charge is 0.352 e. The van der Waals surface area contributed by atoms with Gasteiger partial charge in [-0.25, -0.2) is 0 Å². The summed E-state index contributed by atoms with van der Waals surface area (Å²) < 4.78 is 0. The van der Waals surface area contributed by atoms with Crippen molar-refractivity contribution in [3.63, 3.8) is 0 Å². The lowest BCUT2D eigenvalue weighted by Gasteiger charge is -2.29. The van der Waals surface area contributed by atoms with E-state index < -0.39 is 0 Å². The molecule has 0 fully saturated rings. The fourth-order valence-corrected chi connectivity index (χ4v) is 1.87. The van der Waals surface area contributed by atoms with Gasteiger partial charge in [0, 0.05) is 25.2 Å². The highest BCUT2D eigenvalue weighted by Crippen LogP contribution is 2.15. The van der Waals surface area contributed by atoms with Crippen LogP contribution in [0.4, 0.5) is 5.82 Å². The monoisotopic (exact) mass is 264 g/mol. The second kappa shape index (κ2) is 7.43. The normalized spacial score (nSPS) is 11.6. The molecule has 4 heteroatoms. The zero-order valence-electron chi connectivity index (χ0n) is 13.1. The highest BCUT2D eigenvalue weighted by Gasteiger charge is 2.13. The van der Waals surface area contributed by atoms with Crippen molar-refractivity contribution in [2.75, 3.05) is 11.4 Å². The molecular formula is C15H28N4. The zero-order valence-corrected chi connectivity index (χ0v) is 13.1. The standard InChI is InChI=1S/C15H28N4/c1-11(2)10-19(13(5)6)15-8-7-14(17-18-15)9-16-12(3)4/h7-8,11-13,16H,9-10H2,1-6H3. The van der Waals surface area contributed by atoms with Gasteiger partial charge in [0.05, 0.1) is 5.69 Å². The molecule has 1 heterocycles. The second-order valence-electron chi connectivity index (χ2n) is 6.06. The van der Waals surface area contributed by atoms with Crippen molar-refractivity contribution in [2.45, 2.75) is 60.2 Å². The van der Waals surface area contributed by atoms with Crippen molar-refractivity contribution >= 4 is 5.82 Å². The third-order valence-electron chi connectivity index (χ3n) is 2.88. The van der Waals surface area contributed by atoms with Crippen LogP contribution in [0, 0.1) is 5.92 Å². The lowest BCUT2D eigenvalue weighted by molar-refractivity contribution is 0.558. The number of anilines is 1. The van der Waals surface area contributed by atoms with E-state index in [0.717, 1.165) is 24.6 Å².